The Bertz CT molecular complexity index is 230. The Morgan fingerprint density at radius 3 is 2.75 bits per heavy atom. The Morgan fingerprint density at radius 1 is 1.75 bits per heavy atom. The molecule has 0 spiro atoms. The fraction of sp³-hybridized carbons (Fsp3) is 0.429. The van der Waals surface area contributed by atoms with Crippen molar-refractivity contribution in [1.82, 2.24) is 0 Å². The number of nitriles is 1. The number of rotatable bonds is 3. The molecule has 0 aromatic carbocycles. The van der Waals surface area contributed by atoms with Gasteiger partial charge in [-0.1, -0.05) is 0 Å². The first kappa shape index (κ1) is 10.6. The highest BCUT2D eigenvalue weighted by molar-refractivity contribution is 5.79. The van der Waals surface area contributed by atoms with E-state index in [2.05, 4.69) is 4.74 Å². The summed E-state index contributed by atoms with van der Waals surface area (Å²) in [6, 6.07) is 1.35. The van der Waals surface area contributed by atoms with Crippen LogP contribution < -0.4 is 0 Å². The predicted molar refractivity (Wildman–Crippen MR) is 36.3 cm³/mol. The zero-order valence-electron chi connectivity index (χ0n) is 6.38. The predicted octanol–water partition coefficient (Wildman–Crippen LogP) is 1.26. The molecule has 0 bridgehead atoms. The summed E-state index contributed by atoms with van der Waals surface area (Å²) < 4.78 is 29.0. The highest BCUT2D eigenvalue weighted by Gasteiger charge is 2.37. The van der Waals surface area contributed by atoms with Crippen molar-refractivity contribution in [3.8, 4) is 6.07 Å². The molecular formula is C7H7F2NO2. The molecule has 0 N–H and O–H groups in total. The first-order chi connectivity index (χ1) is 5.54. The van der Waals surface area contributed by atoms with Crippen LogP contribution in [-0.2, 0) is 9.53 Å². The van der Waals surface area contributed by atoms with E-state index in [9.17, 15) is 13.6 Å². The van der Waals surface area contributed by atoms with E-state index in [0.29, 0.717) is 6.08 Å². The van der Waals surface area contributed by atoms with Crippen molar-refractivity contribution < 1.29 is 18.3 Å². The molecular weight excluding hydrogens is 168 g/mol. The molecule has 0 rings (SSSR count). The number of allylic oxidation sites excluding steroid dienone is 1. The third-order valence-corrected chi connectivity index (χ3v) is 0.915. The lowest BCUT2D eigenvalue weighted by atomic mass is 10.3. The maximum atomic E-state index is 12.5. The highest BCUT2D eigenvalue weighted by atomic mass is 19.3. The van der Waals surface area contributed by atoms with E-state index < -0.39 is 11.9 Å². The van der Waals surface area contributed by atoms with E-state index in [4.69, 9.17) is 5.26 Å². The summed E-state index contributed by atoms with van der Waals surface area (Å²) in [6.45, 7) is 1.30. The van der Waals surface area contributed by atoms with Gasteiger partial charge < -0.3 is 4.74 Å². The van der Waals surface area contributed by atoms with Crippen LogP contribution in [0.4, 0.5) is 8.78 Å². The van der Waals surface area contributed by atoms with E-state index >= 15 is 0 Å². The molecule has 0 aliphatic rings. The molecule has 66 valence electrons. The molecule has 0 unspecified atom stereocenters. The van der Waals surface area contributed by atoms with E-state index in [1.165, 1.54) is 13.0 Å². The lowest BCUT2D eigenvalue weighted by molar-refractivity contribution is -0.164. The second kappa shape index (κ2) is 4.44. The number of nitrogens with zero attached hydrogens (tertiary/aromatic N) is 1. The molecule has 0 fully saturated rings. The van der Waals surface area contributed by atoms with Crippen molar-refractivity contribution in [3.05, 3.63) is 12.2 Å². The second-order valence-corrected chi connectivity index (χ2v) is 1.81. The molecule has 0 aliphatic carbocycles. The van der Waals surface area contributed by atoms with Crippen LogP contribution in [-0.4, -0.2) is 18.5 Å². The first-order valence-corrected chi connectivity index (χ1v) is 3.17. The van der Waals surface area contributed by atoms with Crippen LogP contribution in [0.1, 0.15) is 6.92 Å². The van der Waals surface area contributed by atoms with Gasteiger partial charge in [-0.25, -0.2) is 4.79 Å². The molecule has 0 heterocycles. The summed E-state index contributed by atoms with van der Waals surface area (Å²) in [5, 5.41) is 7.92. The molecule has 0 aromatic heterocycles. The average Bonchev–Trinajstić information content (AvgIpc) is 2.01. The summed E-state index contributed by atoms with van der Waals surface area (Å²) >= 11 is 0. The number of hydrogen-bond donors (Lipinski definition) is 0. The van der Waals surface area contributed by atoms with Crippen LogP contribution in [0.3, 0.4) is 0 Å². The first-order valence-electron chi connectivity index (χ1n) is 3.17. The molecule has 0 radical (unpaired) electrons. The van der Waals surface area contributed by atoms with Crippen LogP contribution in [0, 0.1) is 11.3 Å². The van der Waals surface area contributed by atoms with Crippen molar-refractivity contribution in [2.45, 2.75) is 12.8 Å². The van der Waals surface area contributed by atoms with Gasteiger partial charge in [0.15, 0.2) is 0 Å². The van der Waals surface area contributed by atoms with Crippen LogP contribution in [0.15, 0.2) is 12.2 Å². The van der Waals surface area contributed by atoms with E-state index in [1.807, 2.05) is 0 Å². The van der Waals surface area contributed by atoms with Crippen molar-refractivity contribution in [1.29, 1.82) is 5.26 Å². The second-order valence-electron chi connectivity index (χ2n) is 1.81. The smallest absolute Gasteiger partial charge is 0.381 e. The van der Waals surface area contributed by atoms with Gasteiger partial charge in [-0.15, -0.1) is 0 Å². The number of alkyl halides is 2. The molecule has 0 atom stereocenters. The number of esters is 1. The Morgan fingerprint density at radius 2 is 2.33 bits per heavy atom. The number of carbonyl (C=O) groups is 1. The quantitative estimate of drug-likeness (QED) is 0.479. The molecule has 0 amide bonds. The van der Waals surface area contributed by atoms with Gasteiger partial charge in [-0.05, 0) is 6.92 Å². The third kappa shape index (κ3) is 3.10. The van der Waals surface area contributed by atoms with Crippen molar-refractivity contribution in [2.24, 2.45) is 0 Å². The molecule has 5 heteroatoms. The highest BCUT2D eigenvalue weighted by Crippen LogP contribution is 2.16. The van der Waals surface area contributed by atoms with Crippen molar-refractivity contribution in [3.63, 3.8) is 0 Å². The monoisotopic (exact) mass is 175 g/mol. The summed E-state index contributed by atoms with van der Waals surface area (Å²) in [5.74, 6) is -5.34. The SMILES string of the molecule is CCOC(=O)C(F)(F)/C=C/C#N. The Hall–Kier alpha value is -1.44. The van der Waals surface area contributed by atoms with Gasteiger partial charge in [0.05, 0.1) is 12.7 Å². The fourth-order valence-electron chi connectivity index (χ4n) is 0.437. The summed E-state index contributed by atoms with van der Waals surface area (Å²) in [6.07, 6.45) is 0.738. The molecule has 0 aliphatic heterocycles. The minimum absolute atomic E-state index is 0.116. The van der Waals surface area contributed by atoms with E-state index in [0.717, 1.165) is 0 Å². The molecule has 3 nitrogen and oxygen atoms in total. The van der Waals surface area contributed by atoms with Gasteiger partial charge in [-0.2, -0.15) is 14.0 Å². The molecule has 0 saturated carbocycles. The minimum Gasteiger partial charge on any atom is -0.461 e. The van der Waals surface area contributed by atoms with Gasteiger partial charge >= 0.3 is 11.9 Å². The van der Waals surface area contributed by atoms with Crippen LogP contribution in [0.5, 0.6) is 0 Å². The molecule has 0 saturated heterocycles. The van der Waals surface area contributed by atoms with Gasteiger partial charge in [0.2, 0.25) is 0 Å². The lowest BCUT2D eigenvalue weighted by Crippen LogP contribution is -2.28. The molecule has 12 heavy (non-hydrogen) atoms. The number of hydrogen-bond acceptors (Lipinski definition) is 3. The van der Waals surface area contributed by atoms with Gasteiger partial charge in [0.25, 0.3) is 0 Å². The molecule has 0 aromatic rings. The van der Waals surface area contributed by atoms with Crippen molar-refractivity contribution >= 4 is 5.97 Å². The largest absolute Gasteiger partial charge is 0.461 e. The average molecular weight is 175 g/mol. The van der Waals surface area contributed by atoms with Crippen LogP contribution in [0.2, 0.25) is 0 Å². The van der Waals surface area contributed by atoms with Gasteiger partial charge in [0, 0.05) is 12.2 Å². The zero-order valence-corrected chi connectivity index (χ0v) is 6.38. The van der Waals surface area contributed by atoms with E-state index in [1.54, 1.807) is 0 Å². The fourth-order valence-corrected chi connectivity index (χ4v) is 0.437. The Kier molecular flexibility index (Phi) is 3.91. The topological polar surface area (TPSA) is 50.1 Å². The van der Waals surface area contributed by atoms with Crippen LogP contribution in [0.25, 0.3) is 0 Å². The van der Waals surface area contributed by atoms with Crippen LogP contribution >= 0.6 is 0 Å². The van der Waals surface area contributed by atoms with E-state index in [-0.39, 0.29) is 12.7 Å². The van der Waals surface area contributed by atoms with Gasteiger partial charge in [-0.3, -0.25) is 0 Å². The number of carbonyl (C=O) groups excluding carboxylic acids is 1. The Balaban J connectivity index is 4.30. The maximum Gasteiger partial charge on any atom is 0.381 e. The lowest BCUT2D eigenvalue weighted by Gasteiger charge is -2.08. The third-order valence-electron chi connectivity index (χ3n) is 0.915. The minimum atomic E-state index is -3.70. The summed E-state index contributed by atoms with van der Waals surface area (Å²) in [4.78, 5) is 10.4. The summed E-state index contributed by atoms with van der Waals surface area (Å²) in [7, 11) is 0. The number of ether oxygens (including phenoxy) is 1. The standard InChI is InChI=1S/C7H7F2NO2/c1-2-12-6(11)7(8,9)4-3-5-10/h3-4H,2H2,1H3/b4-3+. The van der Waals surface area contributed by atoms with Crippen molar-refractivity contribution in [2.75, 3.05) is 6.61 Å². The normalized spacial score (nSPS) is 11.2. The van der Waals surface area contributed by atoms with Gasteiger partial charge in [0.1, 0.15) is 0 Å². The summed E-state index contributed by atoms with van der Waals surface area (Å²) in [5.41, 5.74) is 0. The zero-order chi connectivity index (χ0) is 9.61. The number of halogens is 2. The maximum absolute atomic E-state index is 12.5. The Labute approximate surface area is 68.2 Å².